The molecule has 0 fully saturated rings. The third-order valence-corrected chi connectivity index (χ3v) is 3.94. The van der Waals surface area contributed by atoms with Gasteiger partial charge in [0.05, 0.1) is 5.75 Å². The molecule has 2 aromatic rings. The van der Waals surface area contributed by atoms with Gasteiger partial charge in [0, 0.05) is 10.5 Å². The van der Waals surface area contributed by atoms with Gasteiger partial charge in [0.25, 0.3) is 0 Å². The van der Waals surface area contributed by atoms with Crippen LogP contribution in [-0.4, -0.2) is 11.5 Å². The van der Waals surface area contributed by atoms with Gasteiger partial charge in [0.15, 0.2) is 5.78 Å². The maximum absolute atomic E-state index is 12.1. The van der Waals surface area contributed by atoms with E-state index in [0.717, 1.165) is 23.3 Å². The van der Waals surface area contributed by atoms with Gasteiger partial charge in [0.2, 0.25) is 0 Å². The second-order valence-electron chi connectivity index (χ2n) is 4.47. The Morgan fingerprint density at radius 2 is 1.68 bits per heavy atom. The van der Waals surface area contributed by atoms with Gasteiger partial charge in [-0.1, -0.05) is 55.8 Å². The van der Waals surface area contributed by atoms with Crippen molar-refractivity contribution in [3.8, 4) is 0 Å². The van der Waals surface area contributed by atoms with Crippen LogP contribution in [-0.2, 0) is 6.42 Å². The van der Waals surface area contributed by atoms with Crippen LogP contribution in [0.5, 0.6) is 0 Å². The monoisotopic (exact) mass is 270 g/mol. The van der Waals surface area contributed by atoms with Gasteiger partial charge in [-0.2, -0.15) is 0 Å². The Labute approximate surface area is 119 Å². The molecule has 0 radical (unpaired) electrons. The lowest BCUT2D eigenvalue weighted by molar-refractivity contribution is 0.102. The van der Waals surface area contributed by atoms with Gasteiger partial charge in [-0.3, -0.25) is 4.79 Å². The summed E-state index contributed by atoms with van der Waals surface area (Å²) in [5, 5.41) is 0. The Bertz CT molecular complexity index is 517. The van der Waals surface area contributed by atoms with Crippen molar-refractivity contribution in [2.75, 3.05) is 5.75 Å². The molecule has 2 aromatic carbocycles. The van der Waals surface area contributed by atoms with E-state index in [0.29, 0.717) is 5.75 Å². The summed E-state index contributed by atoms with van der Waals surface area (Å²) in [7, 11) is 0. The second-order valence-corrected chi connectivity index (χ2v) is 5.52. The summed E-state index contributed by atoms with van der Waals surface area (Å²) in [6, 6.07) is 18.0. The van der Waals surface area contributed by atoms with Gasteiger partial charge in [-0.15, -0.1) is 11.8 Å². The molecular formula is C17H18OS. The number of aryl methyl sites for hydroxylation is 1. The quantitative estimate of drug-likeness (QED) is 0.563. The van der Waals surface area contributed by atoms with Crippen LogP contribution in [0.15, 0.2) is 59.5 Å². The van der Waals surface area contributed by atoms with E-state index in [2.05, 4.69) is 19.1 Å². The molecule has 0 heterocycles. The van der Waals surface area contributed by atoms with Crippen LogP contribution in [0.3, 0.4) is 0 Å². The van der Waals surface area contributed by atoms with Crippen LogP contribution < -0.4 is 0 Å². The average Bonchev–Trinajstić information content (AvgIpc) is 2.47. The molecule has 0 aromatic heterocycles. The van der Waals surface area contributed by atoms with Crippen molar-refractivity contribution in [2.24, 2.45) is 0 Å². The fraction of sp³-hybridized carbons (Fsp3) is 0.235. The van der Waals surface area contributed by atoms with Crippen LogP contribution in [0.2, 0.25) is 0 Å². The Hall–Kier alpha value is -1.54. The van der Waals surface area contributed by atoms with Crippen LogP contribution in [0, 0.1) is 0 Å². The van der Waals surface area contributed by atoms with Crippen molar-refractivity contribution in [1.82, 2.24) is 0 Å². The smallest absolute Gasteiger partial charge is 0.173 e. The molecule has 19 heavy (non-hydrogen) atoms. The summed E-state index contributed by atoms with van der Waals surface area (Å²) in [5.41, 5.74) is 2.11. The highest BCUT2D eigenvalue weighted by atomic mass is 32.2. The van der Waals surface area contributed by atoms with Crippen molar-refractivity contribution >= 4 is 17.5 Å². The van der Waals surface area contributed by atoms with E-state index < -0.39 is 0 Å². The lowest BCUT2D eigenvalue weighted by Gasteiger charge is -2.03. The van der Waals surface area contributed by atoms with E-state index in [9.17, 15) is 4.79 Å². The minimum absolute atomic E-state index is 0.192. The molecule has 0 amide bonds. The van der Waals surface area contributed by atoms with Crippen molar-refractivity contribution in [3.63, 3.8) is 0 Å². The van der Waals surface area contributed by atoms with Gasteiger partial charge in [-0.25, -0.2) is 0 Å². The molecule has 0 spiro atoms. The van der Waals surface area contributed by atoms with Crippen LogP contribution >= 0.6 is 11.8 Å². The molecule has 0 aliphatic rings. The average molecular weight is 270 g/mol. The van der Waals surface area contributed by atoms with Crippen LogP contribution in [0.1, 0.15) is 29.3 Å². The minimum Gasteiger partial charge on any atom is -0.293 e. The summed E-state index contributed by atoms with van der Waals surface area (Å²) in [5.74, 6) is 0.689. The van der Waals surface area contributed by atoms with E-state index >= 15 is 0 Å². The first kappa shape index (κ1) is 13.9. The first-order valence-corrected chi connectivity index (χ1v) is 7.58. The van der Waals surface area contributed by atoms with Crippen molar-refractivity contribution < 1.29 is 4.79 Å². The minimum atomic E-state index is 0.192. The van der Waals surface area contributed by atoms with E-state index in [4.69, 9.17) is 0 Å². The van der Waals surface area contributed by atoms with E-state index in [1.165, 1.54) is 5.56 Å². The second kappa shape index (κ2) is 7.15. The number of hydrogen-bond acceptors (Lipinski definition) is 2. The molecule has 0 N–H and O–H groups in total. The third-order valence-electron chi connectivity index (χ3n) is 2.93. The number of hydrogen-bond donors (Lipinski definition) is 0. The molecule has 2 heteroatoms. The normalized spacial score (nSPS) is 10.4. The van der Waals surface area contributed by atoms with E-state index in [-0.39, 0.29) is 5.78 Å². The molecule has 0 saturated carbocycles. The zero-order chi connectivity index (χ0) is 13.5. The molecule has 0 bridgehead atoms. The summed E-state index contributed by atoms with van der Waals surface area (Å²) < 4.78 is 0. The van der Waals surface area contributed by atoms with Crippen LogP contribution in [0.4, 0.5) is 0 Å². The first-order chi connectivity index (χ1) is 9.29. The predicted molar refractivity (Wildman–Crippen MR) is 81.9 cm³/mol. The maximum atomic E-state index is 12.1. The van der Waals surface area contributed by atoms with Gasteiger partial charge in [-0.05, 0) is 24.1 Å². The van der Waals surface area contributed by atoms with Crippen molar-refractivity contribution in [1.29, 1.82) is 0 Å². The number of benzene rings is 2. The molecular weight excluding hydrogens is 252 g/mol. The molecule has 0 unspecified atom stereocenters. The molecule has 0 aliphatic carbocycles. The number of Topliss-reactive ketones (excluding diaryl/α,β-unsaturated/α-hetero) is 1. The van der Waals surface area contributed by atoms with Gasteiger partial charge < -0.3 is 0 Å². The van der Waals surface area contributed by atoms with Crippen LogP contribution in [0.25, 0.3) is 0 Å². The zero-order valence-corrected chi connectivity index (χ0v) is 12.0. The number of carbonyl (C=O) groups is 1. The molecule has 2 rings (SSSR count). The summed E-state index contributed by atoms with van der Waals surface area (Å²) in [6.07, 6.45) is 2.21. The fourth-order valence-corrected chi connectivity index (χ4v) is 2.71. The predicted octanol–water partition coefficient (Wildman–Crippen LogP) is 4.61. The van der Waals surface area contributed by atoms with Gasteiger partial charge in [0.1, 0.15) is 0 Å². The highest BCUT2D eigenvalue weighted by Gasteiger charge is 2.06. The number of ketones is 1. The molecule has 0 aliphatic heterocycles. The summed E-state index contributed by atoms with van der Waals surface area (Å²) in [4.78, 5) is 13.2. The number of thioether (sulfide) groups is 1. The molecule has 98 valence electrons. The standard InChI is InChI=1S/C17H18OS/c1-2-6-14-9-11-15(12-10-14)17(18)13-19-16-7-4-3-5-8-16/h3-5,7-12H,2,6,13H2,1H3. The maximum Gasteiger partial charge on any atom is 0.173 e. The fourth-order valence-electron chi connectivity index (χ4n) is 1.89. The topological polar surface area (TPSA) is 17.1 Å². The Morgan fingerprint density at radius 3 is 2.32 bits per heavy atom. The Balaban J connectivity index is 1.92. The third kappa shape index (κ3) is 4.25. The van der Waals surface area contributed by atoms with E-state index in [1.54, 1.807) is 11.8 Å². The number of rotatable bonds is 6. The lowest BCUT2D eigenvalue weighted by Crippen LogP contribution is -2.02. The molecule has 0 atom stereocenters. The van der Waals surface area contributed by atoms with Crippen molar-refractivity contribution in [2.45, 2.75) is 24.7 Å². The van der Waals surface area contributed by atoms with Crippen molar-refractivity contribution in [3.05, 3.63) is 65.7 Å². The summed E-state index contributed by atoms with van der Waals surface area (Å²) >= 11 is 1.59. The highest BCUT2D eigenvalue weighted by Crippen LogP contribution is 2.18. The summed E-state index contributed by atoms with van der Waals surface area (Å²) in [6.45, 7) is 2.16. The lowest BCUT2D eigenvalue weighted by atomic mass is 10.1. The largest absolute Gasteiger partial charge is 0.293 e. The molecule has 1 nitrogen and oxygen atoms in total. The first-order valence-electron chi connectivity index (χ1n) is 6.59. The Morgan fingerprint density at radius 1 is 1.00 bits per heavy atom. The molecule has 0 saturated heterocycles. The zero-order valence-electron chi connectivity index (χ0n) is 11.1. The van der Waals surface area contributed by atoms with Gasteiger partial charge >= 0.3 is 0 Å². The van der Waals surface area contributed by atoms with E-state index in [1.807, 2.05) is 42.5 Å². The highest BCUT2D eigenvalue weighted by molar-refractivity contribution is 8.00. The number of carbonyl (C=O) groups excluding carboxylic acids is 1. The Kier molecular flexibility index (Phi) is 5.22. The SMILES string of the molecule is CCCc1ccc(C(=O)CSc2ccccc2)cc1.